The van der Waals surface area contributed by atoms with Crippen LogP contribution in [-0.4, -0.2) is 27.8 Å². The minimum Gasteiger partial charge on any atom is -0.493 e. The van der Waals surface area contributed by atoms with Crippen LogP contribution in [0.15, 0.2) is 18.2 Å². The number of hydrogen-bond donors (Lipinski definition) is 1. The zero-order valence-electron chi connectivity index (χ0n) is 13.2. The minimum atomic E-state index is 0.272. The summed E-state index contributed by atoms with van der Waals surface area (Å²) in [5.74, 6) is 2.51. The highest BCUT2D eigenvalue weighted by atomic mass is 16.5. The first-order valence-corrected chi connectivity index (χ1v) is 7.56. The van der Waals surface area contributed by atoms with Gasteiger partial charge in [-0.2, -0.15) is 0 Å². The van der Waals surface area contributed by atoms with Crippen molar-refractivity contribution in [2.24, 2.45) is 5.92 Å². The van der Waals surface area contributed by atoms with Gasteiger partial charge < -0.3 is 14.8 Å². The van der Waals surface area contributed by atoms with E-state index in [0.29, 0.717) is 0 Å². The summed E-state index contributed by atoms with van der Waals surface area (Å²) in [6.45, 7) is 3.30. The van der Waals surface area contributed by atoms with Crippen molar-refractivity contribution in [3.63, 3.8) is 0 Å². The molecule has 3 nitrogen and oxygen atoms in total. The molecule has 1 fully saturated rings. The Morgan fingerprint density at radius 2 is 1.90 bits per heavy atom. The van der Waals surface area contributed by atoms with Crippen LogP contribution in [0.25, 0.3) is 0 Å². The van der Waals surface area contributed by atoms with Gasteiger partial charge in [0.1, 0.15) is 0 Å². The van der Waals surface area contributed by atoms with Crippen molar-refractivity contribution in [3.05, 3.63) is 23.8 Å². The molecule has 1 aliphatic rings. The van der Waals surface area contributed by atoms with Crippen LogP contribution < -0.4 is 14.8 Å². The first-order valence-electron chi connectivity index (χ1n) is 7.56. The van der Waals surface area contributed by atoms with E-state index >= 15 is 0 Å². The predicted octanol–water partition coefficient (Wildman–Crippen LogP) is 3.37. The predicted molar refractivity (Wildman–Crippen MR) is 82.8 cm³/mol. The van der Waals surface area contributed by atoms with Crippen LogP contribution in [0.5, 0.6) is 11.5 Å². The summed E-state index contributed by atoms with van der Waals surface area (Å²) in [7, 11) is 5.42. The molecule has 1 aromatic rings. The molecular formula is C17H27NO2. The van der Waals surface area contributed by atoms with Gasteiger partial charge in [-0.25, -0.2) is 0 Å². The molecule has 0 bridgehead atoms. The first kappa shape index (κ1) is 15.2. The third-order valence-electron chi connectivity index (χ3n) is 4.57. The molecule has 0 unspecified atom stereocenters. The number of likely N-dealkylation sites (N-methyl/N-ethyl adjacent to an activating group) is 1. The van der Waals surface area contributed by atoms with Crippen molar-refractivity contribution >= 4 is 0 Å². The third kappa shape index (κ3) is 2.78. The van der Waals surface area contributed by atoms with Gasteiger partial charge in [-0.05, 0) is 43.5 Å². The summed E-state index contributed by atoms with van der Waals surface area (Å²) < 4.78 is 10.8. The summed E-state index contributed by atoms with van der Waals surface area (Å²) in [5.41, 5.74) is 1.64. The van der Waals surface area contributed by atoms with Crippen LogP contribution in [-0.2, 0) is 5.41 Å². The maximum atomic E-state index is 5.45. The van der Waals surface area contributed by atoms with Gasteiger partial charge in [-0.3, -0.25) is 0 Å². The first-order chi connectivity index (χ1) is 9.69. The summed E-state index contributed by atoms with van der Waals surface area (Å²) in [6, 6.07) is 6.37. The molecule has 0 heterocycles. The molecule has 0 aliphatic heterocycles. The van der Waals surface area contributed by atoms with E-state index in [2.05, 4.69) is 24.4 Å². The fourth-order valence-electron chi connectivity index (χ4n) is 3.64. The molecule has 2 rings (SSSR count). The molecule has 1 aromatic carbocycles. The molecule has 3 heteroatoms. The van der Waals surface area contributed by atoms with Crippen molar-refractivity contribution < 1.29 is 9.47 Å². The number of rotatable bonds is 7. The van der Waals surface area contributed by atoms with Crippen molar-refractivity contribution in [2.45, 2.75) is 38.0 Å². The monoisotopic (exact) mass is 277 g/mol. The Morgan fingerprint density at radius 3 is 2.45 bits per heavy atom. The second-order valence-electron chi connectivity index (χ2n) is 5.94. The second-order valence-corrected chi connectivity index (χ2v) is 5.94. The molecule has 0 amide bonds. The fourth-order valence-corrected chi connectivity index (χ4v) is 3.64. The Hall–Kier alpha value is -1.22. The highest BCUT2D eigenvalue weighted by Gasteiger charge is 2.44. The maximum absolute atomic E-state index is 5.45. The molecule has 0 atom stereocenters. The largest absolute Gasteiger partial charge is 0.493 e. The Balaban J connectivity index is 2.22. The number of nitrogens with one attached hydrogen (secondary N) is 1. The quantitative estimate of drug-likeness (QED) is 0.829. The van der Waals surface area contributed by atoms with Gasteiger partial charge in [-0.1, -0.05) is 25.8 Å². The van der Waals surface area contributed by atoms with E-state index in [-0.39, 0.29) is 5.41 Å². The summed E-state index contributed by atoms with van der Waals surface area (Å²) in [5, 5.41) is 3.37. The summed E-state index contributed by atoms with van der Waals surface area (Å²) in [4.78, 5) is 0. The van der Waals surface area contributed by atoms with Crippen LogP contribution in [0.4, 0.5) is 0 Å². The van der Waals surface area contributed by atoms with E-state index in [1.54, 1.807) is 14.2 Å². The molecule has 20 heavy (non-hydrogen) atoms. The van der Waals surface area contributed by atoms with Crippen LogP contribution in [0.2, 0.25) is 0 Å². The average molecular weight is 277 g/mol. The van der Waals surface area contributed by atoms with Crippen LogP contribution in [0, 0.1) is 5.92 Å². The molecule has 0 spiro atoms. The number of hydrogen-bond acceptors (Lipinski definition) is 3. The van der Waals surface area contributed by atoms with Gasteiger partial charge in [0, 0.05) is 12.0 Å². The highest BCUT2D eigenvalue weighted by molar-refractivity contribution is 5.46. The lowest BCUT2D eigenvalue weighted by molar-refractivity contribution is 0.130. The zero-order chi connectivity index (χ0) is 14.6. The van der Waals surface area contributed by atoms with Gasteiger partial charge >= 0.3 is 0 Å². The van der Waals surface area contributed by atoms with E-state index in [1.165, 1.54) is 31.2 Å². The topological polar surface area (TPSA) is 30.5 Å². The van der Waals surface area contributed by atoms with Crippen molar-refractivity contribution in [2.75, 3.05) is 27.8 Å². The van der Waals surface area contributed by atoms with Crippen molar-refractivity contribution in [3.8, 4) is 11.5 Å². The van der Waals surface area contributed by atoms with E-state index in [0.717, 1.165) is 24.0 Å². The number of ether oxygens (including phenoxy) is 2. The molecule has 1 N–H and O–H groups in total. The molecule has 112 valence electrons. The molecule has 1 aliphatic carbocycles. The molecule has 1 saturated carbocycles. The van der Waals surface area contributed by atoms with E-state index in [4.69, 9.17) is 9.47 Å². The van der Waals surface area contributed by atoms with Crippen molar-refractivity contribution in [1.29, 1.82) is 0 Å². The summed E-state index contributed by atoms with van der Waals surface area (Å²) >= 11 is 0. The maximum Gasteiger partial charge on any atom is 0.161 e. The van der Waals surface area contributed by atoms with Crippen LogP contribution in [0.3, 0.4) is 0 Å². The van der Waals surface area contributed by atoms with Gasteiger partial charge in [0.15, 0.2) is 11.5 Å². The Kier molecular flexibility index (Phi) is 4.92. The van der Waals surface area contributed by atoms with Gasteiger partial charge in [-0.15, -0.1) is 0 Å². The molecule has 0 aromatic heterocycles. The van der Waals surface area contributed by atoms with Gasteiger partial charge in [0.05, 0.1) is 14.2 Å². The van der Waals surface area contributed by atoms with Crippen LogP contribution in [0.1, 0.15) is 38.2 Å². The fraction of sp³-hybridized carbons (Fsp3) is 0.647. The highest BCUT2D eigenvalue weighted by Crippen LogP contribution is 2.50. The standard InChI is InChI=1S/C17H27NO2/c1-5-6-13-10-17(11-13,12-18-2)14-7-8-15(19-3)16(9-14)20-4/h7-9,13,18H,5-6,10-12H2,1-4H3. The Bertz CT molecular complexity index is 439. The SMILES string of the molecule is CCCC1CC(CNC)(c2ccc(OC)c(OC)c2)C1. The third-order valence-corrected chi connectivity index (χ3v) is 4.57. The Morgan fingerprint density at radius 1 is 1.20 bits per heavy atom. The second kappa shape index (κ2) is 6.49. The lowest BCUT2D eigenvalue weighted by Gasteiger charge is -2.48. The van der Waals surface area contributed by atoms with E-state index < -0.39 is 0 Å². The number of benzene rings is 1. The lowest BCUT2D eigenvalue weighted by atomic mass is 9.57. The average Bonchev–Trinajstić information content (AvgIpc) is 2.44. The normalized spacial score (nSPS) is 25.1. The molecule has 0 saturated heterocycles. The summed E-state index contributed by atoms with van der Waals surface area (Å²) in [6.07, 6.45) is 5.18. The minimum absolute atomic E-state index is 0.272. The lowest BCUT2D eigenvalue weighted by Crippen LogP contribution is -2.47. The molecule has 0 radical (unpaired) electrons. The Labute approximate surface area is 122 Å². The zero-order valence-corrected chi connectivity index (χ0v) is 13.2. The van der Waals surface area contributed by atoms with E-state index in [1.807, 2.05) is 13.1 Å². The number of methoxy groups -OCH3 is 2. The smallest absolute Gasteiger partial charge is 0.161 e. The van der Waals surface area contributed by atoms with Gasteiger partial charge in [0.2, 0.25) is 0 Å². The van der Waals surface area contributed by atoms with Gasteiger partial charge in [0.25, 0.3) is 0 Å². The van der Waals surface area contributed by atoms with Crippen LogP contribution >= 0.6 is 0 Å². The molecular weight excluding hydrogens is 250 g/mol. The van der Waals surface area contributed by atoms with Crippen molar-refractivity contribution in [1.82, 2.24) is 5.32 Å². The van der Waals surface area contributed by atoms with E-state index in [9.17, 15) is 0 Å².